The minimum Gasteiger partial charge on any atom is -0.373 e. The lowest BCUT2D eigenvalue weighted by Gasteiger charge is -2.22. The third-order valence-corrected chi connectivity index (χ3v) is 6.44. The van der Waals surface area contributed by atoms with E-state index in [1.165, 1.54) is 16.7 Å². The molecule has 1 aromatic heterocycles. The molecule has 37 heavy (non-hydrogen) atoms. The zero-order valence-corrected chi connectivity index (χ0v) is 23.2. The molecule has 1 N–H and O–H groups in total. The Bertz CT molecular complexity index is 1160. The molecule has 196 valence electrons. The van der Waals surface area contributed by atoms with Crippen molar-refractivity contribution < 1.29 is 4.79 Å². The Morgan fingerprint density at radius 2 is 1.68 bits per heavy atom. The number of hydrogen-bond donors (Lipinski definition) is 1. The van der Waals surface area contributed by atoms with Gasteiger partial charge in [-0.2, -0.15) is 5.10 Å². The maximum atomic E-state index is 11.7. The molecule has 0 unspecified atom stereocenters. The van der Waals surface area contributed by atoms with Gasteiger partial charge >= 0.3 is 0 Å². The Labute approximate surface area is 222 Å². The van der Waals surface area contributed by atoms with Gasteiger partial charge in [-0.3, -0.25) is 9.80 Å². The van der Waals surface area contributed by atoms with Gasteiger partial charge in [0.1, 0.15) is 11.7 Å². The molecule has 0 aliphatic heterocycles. The zero-order chi connectivity index (χ0) is 26.8. The van der Waals surface area contributed by atoms with Gasteiger partial charge in [0, 0.05) is 32.6 Å². The first-order valence-corrected chi connectivity index (χ1v) is 13.1. The number of anilines is 1. The Kier molecular flexibility index (Phi) is 9.84. The van der Waals surface area contributed by atoms with Crippen molar-refractivity contribution in [2.45, 2.75) is 58.9 Å². The average Bonchev–Trinajstić information content (AvgIpc) is 2.89. The summed E-state index contributed by atoms with van der Waals surface area (Å²) in [5, 5.41) is 9.83. The van der Waals surface area contributed by atoms with Crippen LogP contribution in [0.15, 0.2) is 71.8 Å². The smallest absolute Gasteiger partial charge is 0.215 e. The van der Waals surface area contributed by atoms with Gasteiger partial charge in [-0.25, -0.2) is 4.98 Å². The number of nitrogens with zero attached hydrogens (tertiary/aromatic N) is 4. The molecule has 0 saturated heterocycles. The second kappa shape index (κ2) is 13.0. The molecule has 0 aliphatic rings. The summed E-state index contributed by atoms with van der Waals surface area (Å²) in [5.74, 6) is 1.66. The second-order valence-electron chi connectivity index (χ2n) is 10.4. The third kappa shape index (κ3) is 8.17. The van der Waals surface area contributed by atoms with Crippen molar-refractivity contribution in [2.24, 2.45) is 5.10 Å². The van der Waals surface area contributed by atoms with Gasteiger partial charge in [0.25, 0.3) is 0 Å². The maximum absolute atomic E-state index is 11.7. The van der Waals surface area contributed by atoms with Crippen molar-refractivity contribution in [2.75, 3.05) is 26.0 Å². The highest BCUT2D eigenvalue weighted by atomic mass is 16.1. The van der Waals surface area contributed by atoms with Crippen molar-refractivity contribution >= 4 is 18.1 Å². The number of aromatic nitrogens is 1. The zero-order valence-electron chi connectivity index (χ0n) is 23.2. The molecule has 0 atom stereocenters. The molecule has 6 heteroatoms. The molecular weight excluding hydrogens is 458 g/mol. The van der Waals surface area contributed by atoms with E-state index in [-0.39, 0.29) is 5.41 Å². The van der Waals surface area contributed by atoms with Crippen LogP contribution in [0.1, 0.15) is 57.2 Å². The van der Waals surface area contributed by atoms with Gasteiger partial charge in [-0.15, -0.1) is 0 Å². The molecular formula is C31H41N5O. The average molecular weight is 500 g/mol. The molecule has 1 amide bonds. The van der Waals surface area contributed by atoms with Crippen molar-refractivity contribution in [3.05, 3.63) is 83.4 Å². The lowest BCUT2D eigenvalue weighted by atomic mass is 9.87. The van der Waals surface area contributed by atoms with Crippen LogP contribution in [0, 0.1) is 0 Å². The van der Waals surface area contributed by atoms with Crippen LogP contribution in [0.5, 0.6) is 0 Å². The van der Waals surface area contributed by atoms with Gasteiger partial charge in [0.05, 0.1) is 12.2 Å². The number of carbonyl (C=O) groups is 1. The van der Waals surface area contributed by atoms with E-state index in [4.69, 9.17) is 5.10 Å². The van der Waals surface area contributed by atoms with Crippen LogP contribution in [0.2, 0.25) is 0 Å². The lowest BCUT2D eigenvalue weighted by molar-refractivity contribution is -0.114. The molecule has 3 aromatic rings. The molecule has 0 saturated carbocycles. The molecule has 6 nitrogen and oxygen atoms in total. The van der Waals surface area contributed by atoms with Crippen molar-refractivity contribution in [3.8, 4) is 11.3 Å². The molecule has 0 radical (unpaired) electrons. The van der Waals surface area contributed by atoms with Gasteiger partial charge in [-0.05, 0) is 54.0 Å². The number of nitrogens with one attached hydrogen (secondary N) is 1. The van der Waals surface area contributed by atoms with Gasteiger partial charge in [-0.1, -0.05) is 75.4 Å². The third-order valence-electron chi connectivity index (χ3n) is 6.44. The number of amidine groups is 1. The fraction of sp³-hybridized carbons (Fsp3) is 0.387. The molecule has 0 bridgehead atoms. The molecule has 0 fully saturated rings. The maximum Gasteiger partial charge on any atom is 0.215 e. The van der Waals surface area contributed by atoms with Crippen LogP contribution in [0.4, 0.5) is 5.82 Å². The van der Waals surface area contributed by atoms with Crippen LogP contribution in [0.3, 0.4) is 0 Å². The van der Waals surface area contributed by atoms with Gasteiger partial charge < -0.3 is 10.2 Å². The number of hydrazone groups is 1. The van der Waals surface area contributed by atoms with Crippen molar-refractivity contribution in [1.82, 2.24) is 14.9 Å². The highest BCUT2D eigenvalue weighted by Crippen LogP contribution is 2.23. The Hall–Kier alpha value is -3.67. The van der Waals surface area contributed by atoms with Crippen LogP contribution in [-0.2, 0) is 23.2 Å². The summed E-state index contributed by atoms with van der Waals surface area (Å²) >= 11 is 0. The summed E-state index contributed by atoms with van der Waals surface area (Å²) in [6, 6.07) is 23.2. The SMILES string of the molecule is CCN(C=O)/C(CCCc1ccc(-c2cccc(NC)n2)cc1)=N\N(C)Cc1ccc(C(C)(C)C)cc1. The van der Waals surface area contributed by atoms with E-state index in [2.05, 4.69) is 79.6 Å². The summed E-state index contributed by atoms with van der Waals surface area (Å²) in [6.45, 7) is 9.93. The predicted molar refractivity (Wildman–Crippen MR) is 155 cm³/mol. The minimum atomic E-state index is 0.135. The number of rotatable bonds is 11. The summed E-state index contributed by atoms with van der Waals surface area (Å²) in [4.78, 5) is 18.0. The van der Waals surface area contributed by atoms with E-state index in [0.29, 0.717) is 13.1 Å². The monoisotopic (exact) mass is 499 g/mol. The van der Waals surface area contributed by atoms with Crippen LogP contribution in [-0.4, -0.2) is 47.8 Å². The molecule has 0 aliphatic carbocycles. The predicted octanol–water partition coefficient (Wildman–Crippen LogP) is 6.33. The first-order valence-electron chi connectivity index (χ1n) is 13.1. The second-order valence-corrected chi connectivity index (χ2v) is 10.4. The molecule has 1 heterocycles. The van der Waals surface area contributed by atoms with E-state index >= 15 is 0 Å². The summed E-state index contributed by atoms with van der Waals surface area (Å²) in [7, 11) is 3.84. The Morgan fingerprint density at radius 3 is 2.27 bits per heavy atom. The van der Waals surface area contributed by atoms with E-state index in [9.17, 15) is 4.79 Å². The van der Waals surface area contributed by atoms with E-state index in [1.54, 1.807) is 4.90 Å². The standard InChI is InChI=1S/C31H41N5O/c1-7-36(23-37)30(34-35(6)22-25-16-20-27(21-17-25)31(2,3)4)13-8-10-24-14-18-26(19-15-24)28-11-9-12-29(32-5)33-28/h9,11-12,14-21,23H,7-8,10,13,22H2,1-6H3,(H,32,33)/b34-30-. The molecule has 2 aromatic carbocycles. The lowest BCUT2D eigenvalue weighted by Crippen LogP contribution is -2.31. The summed E-state index contributed by atoms with van der Waals surface area (Å²) < 4.78 is 0. The highest BCUT2D eigenvalue weighted by Gasteiger charge is 2.14. The minimum absolute atomic E-state index is 0.135. The van der Waals surface area contributed by atoms with E-state index in [1.807, 2.05) is 44.2 Å². The quantitative estimate of drug-likeness (QED) is 0.145. The largest absolute Gasteiger partial charge is 0.373 e. The first-order chi connectivity index (χ1) is 17.7. The number of benzene rings is 2. The van der Waals surface area contributed by atoms with Crippen molar-refractivity contribution in [1.29, 1.82) is 0 Å². The Balaban J connectivity index is 1.62. The molecule has 0 spiro atoms. The Morgan fingerprint density at radius 1 is 1.00 bits per heavy atom. The fourth-order valence-corrected chi connectivity index (χ4v) is 4.20. The van der Waals surface area contributed by atoms with E-state index < -0.39 is 0 Å². The van der Waals surface area contributed by atoms with Crippen molar-refractivity contribution in [3.63, 3.8) is 0 Å². The summed E-state index contributed by atoms with van der Waals surface area (Å²) in [6.07, 6.45) is 3.43. The normalized spacial score (nSPS) is 11.8. The number of hydrogen-bond acceptors (Lipinski definition) is 5. The highest BCUT2D eigenvalue weighted by molar-refractivity contribution is 5.90. The first kappa shape index (κ1) is 27.9. The van der Waals surface area contributed by atoms with Crippen LogP contribution < -0.4 is 5.32 Å². The van der Waals surface area contributed by atoms with Gasteiger partial charge in [0.15, 0.2) is 0 Å². The van der Waals surface area contributed by atoms with Crippen LogP contribution >= 0.6 is 0 Å². The number of amides is 1. The van der Waals surface area contributed by atoms with Gasteiger partial charge in [0.2, 0.25) is 6.41 Å². The summed E-state index contributed by atoms with van der Waals surface area (Å²) in [5.41, 5.74) is 5.96. The number of carbonyl (C=O) groups excluding carboxylic acids is 1. The molecule has 3 rings (SSSR count). The number of pyridine rings is 1. The fourth-order valence-electron chi connectivity index (χ4n) is 4.20. The number of aryl methyl sites for hydroxylation is 1. The van der Waals surface area contributed by atoms with E-state index in [0.717, 1.165) is 48.6 Å². The van der Waals surface area contributed by atoms with Crippen LogP contribution in [0.25, 0.3) is 11.3 Å². The topological polar surface area (TPSA) is 60.8 Å².